The highest BCUT2D eigenvalue weighted by molar-refractivity contribution is 6.00. The maximum absolute atomic E-state index is 13.8. The molecule has 39 heavy (non-hydrogen) atoms. The maximum atomic E-state index is 13.8. The first-order valence-electron chi connectivity index (χ1n) is 12.8. The van der Waals surface area contributed by atoms with Crippen LogP contribution in [0.5, 0.6) is 0 Å². The normalized spacial score (nSPS) is 18.3. The van der Waals surface area contributed by atoms with Crippen molar-refractivity contribution in [2.24, 2.45) is 11.8 Å². The molecule has 1 heterocycles. The minimum atomic E-state index is -1.18. The Labute approximate surface area is 227 Å². The van der Waals surface area contributed by atoms with E-state index in [1.165, 1.54) is 12.0 Å². The molecule has 8 nitrogen and oxygen atoms in total. The fraction of sp³-hybridized carbons (Fsp3) is 0.290. The van der Waals surface area contributed by atoms with E-state index in [1.54, 1.807) is 19.1 Å². The molecule has 1 amide bonds. The van der Waals surface area contributed by atoms with Gasteiger partial charge in [0.1, 0.15) is 12.6 Å². The second-order valence-corrected chi connectivity index (χ2v) is 9.25. The van der Waals surface area contributed by atoms with Gasteiger partial charge in [0, 0.05) is 23.9 Å². The van der Waals surface area contributed by atoms with Crippen molar-refractivity contribution >= 4 is 23.8 Å². The number of carbonyl (C=O) groups is 4. The Bertz CT molecular complexity index is 1290. The predicted octanol–water partition coefficient (Wildman–Crippen LogP) is 4.92. The summed E-state index contributed by atoms with van der Waals surface area (Å²) in [6, 6.07) is 24.8. The summed E-state index contributed by atoms with van der Waals surface area (Å²) in [5.41, 5.74) is 3.14. The van der Waals surface area contributed by atoms with E-state index in [2.05, 4.69) is 0 Å². The van der Waals surface area contributed by atoms with Crippen LogP contribution in [0.15, 0.2) is 84.9 Å². The molecule has 1 fully saturated rings. The molecule has 8 heteroatoms. The highest BCUT2D eigenvalue weighted by Crippen LogP contribution is 2.37. The molecule has 0 radical (unpaired) electrons. The number of amides is 1. The number of hydrogen-bond donors (Lipinski definition) is 0. The second kappa shape index (κ2) is 12.9. The van der Waals surface area contributed by atoms with Crippen LogP contribution in [-0.2, 0) is 30.4 Å². The first-order chi connectivity index (χ1) is 18.9. The zero-order chi connectivity index (χ0) is 27.8. The number of ketones is 1. The average Bonchev–Trinajstić information content (AvgIpc) is 3.35. The standard InChI is InChI=1S/C31H31NO7/c1-3-38-30(35)28-25(18-27(33)37-2)26(19-32(28)31(36)39-20-21-10-6-4-7-11-21)29(34)24-16-14-23(15-17-24)22-12-8-5-9-13-22/h4-17,25-26,28H,3,18-20H2,1-2H3/t25-,26-,28-/m0/s1. The summed E-state index contributed by atoms with van der Waals surface area (Å²) in [6.07, 6.45) is -0.998. The number of esters is 2. The summed E-state index contributed by atoms with van der Waals surface area (Å²) < 4.78 is 15.6. The van der Waals surface area contributed by atoms with Crippen LogP contribution in [0.3, 0.4) is 0 Å². The summed E-state index contributed by atoms with van der Waals surface area (Å²) in [5, 5.41) is 0. The summed E-state index contributed by atoms with van der Waals surface area (Å²) in [6.45, 7) is 1.62. The van der Waals surface area contributed by atoms with Gasteiger partial charge in [-0.05, 0) is 23.6 Å². The van der Waals surface area contributed by atoms with Gasteiger partial charge in [0.25, 0.3) is 0 Å². The van der Waals surface area contributed by atoms with Crippen molar-refractivity contribution in [2.45, 2.75) is 26.0 Å². The Morgan fingerprint density at radius 1 is 0.821 bits per heavy atom. The number of Topliss-reactive ketones (excluding diaryl/α,β-unsaturated/α-hetero) is 1. The molecular weight excluding hydrogens is 498 g/mol. The number of rotatable bonds is 9. The molecule has 0 aliphatic carbocycles. The predicted molar refractivity (Wildman–Crippen MR) is 144 cm³/mol. The van der Waals surface area contributed by atoms with Crippen molar-refractivity contribution in [1.29, 1.82) is 0 Å². The minimum Gasteiger partial charge on any atom is -0.469 e. The molecule has 0 spiro atoms. The largest absolute Gasteiger partial charge is 0.469 e. The van der Waals surface area contributed by atoms with Crippen LogP contribution in [0.25, 0.3) is 11.1 Å². The molecule has 3 atom stereocenters. The van der Waals surface area contributed by atoms with E-state index in [0.717, 1.165) is 16.7 Å². The molecule has 0 bridgehead atoms. The van der Waals surface area contributed by atoms with Crippen molar-refractivity contribution in [3.8, 4) is 11.1 Å². The van der Waals surface area contributed by atoms with E-state index in [9.17, 15) is 19.2 Å². The Balaban J connectivity index is 1.62. The highest BCUT2D eigenvalue weighted by Gasteiger charge is 2.52. The van der Waals surface area contributed by atoms with Gasteiger partial charge in [0.05, 0.1) is 20.1 Å². The summed E-state index contributed by atoms with van der Waals surface area (Å²) in [5.74, 6) is -3.26. The van der Waals surface area contributed by atoms with E-state index in [4.69, 9.17) is 14.2 Å². The Morgan fingerprint density at radius 2 is 1.44 bits per heavy atom. The third-order valence-corrected chi connectivity index (χ3v) is 6.86. The number of nitrogens with zero attached hydrogens (tertiary/aromatic N) is 1. The lowest BCUT2D eigenvalue weighted by Crippen LogP contribution is -2.45. The molecule has 1 aliphatic rings. The third-order valence-electron chi connectivity index (χ3n) is 6.86. The summed E-state index contributed by atoms with van der Waals surface area (Å²) in [4.78, 5) is 53.6. The molecule has 4 rings (SSSR count). The van der Waals surface area contributed by atoms with Crippen molar-refractivity contribution in [2.75, 3.05) is 20.3 Å². The summed E-state index contributed by atoms with van der Waals surface area (Å²) >= 11 is 0. The van der Waals surface area contributed by atoms with Crippen LogP contribution >= 0.6 is 0 Å². The average molecular weight is 530 g/mol. The Hall–Kier alpha value is -4.46. The van der Waals surface area contributed by atoms with Crippen molar-refractivity contribution in [1.82, 2.24) is 4.90 Å². The zero-order valence-corrected chi connectivity index (χ0v) is 21.9. The fourth-order valence-electron chi connectivity index (χ4n) is 4.91. The number of likely N-dealkylation sites (tertiary alicyclic amines) is 1. The molecule has 0 saturated carbocycles. The van der Waals surface area contributed by atoms with E-state index < -0.39 is 35.9 Å². The van der Waals surface area contributed by atoms with Gasteiger partial charge in [-0.15, -0.1) is 0 Å². The maximum Gasteiger partial charge on any atom is 0.410 e. The molecule has 202 valence electrons. The van der Waals surface area contributed by atoms with Gasteiger partial charge in [-0.25, -0.2) is 9.59 Å². The number of ether oxygens (including phenoxy) is 3. The molecule has 1 aliphatic heterocycles. The first kappa shape index (κ1) is 27.6. The van der Waals surface area contributed by atoms with Gasteiger partial charge in [-0.1, -0.05) is 84.9 Å². The molecule has 0 aromatic heterocycles. The van der Waals surface area contributed by atoms with E-state index in [1.807, 2.05) is 72.8 Å². The van der Waals surface area contributed by atoms with Gasteiger partial charge in [-0.3, -0.25) is 14.5 Å². The quantitative estimate of drug-likeness (QED) is 0.220. The topological polar surface area (TPSA) is 99.2 Å². The van der Waals surface area contributed by atoms with Gasteiger partial charge in [-0.2, -0.15) is 0 Å². The van der Waals surface area contributed by atoms with Crippen molar-refractivity contribution in [3.63, 3.8) is 0 Å². The van der Waals surface area contributed by atoms with E-state index >= 15 is 0 Å². The number of carbonyl (C=O) groups excluding carboxylic acids is 4. The van der Waals surface area contributed by atoms with E-state index in [0.29, 0.717) is 5.56 Å². The fourth-order valence-corrected chi connectivity index (χ4v) is 4.91. The smallest absolute Gasteiger partial charge is 0.410 e. The Morgan fingerprint density at radius 3 is 2.05 bits per heavy atom. The van der Waals surface area contributed by atoms with Crippen LogP contribution in [0.1, 0.15) is 29.3 Å². The van der Waals surface area contributed by atoms with Gasteiger partial charge < -0.3 is 14.2 Å². The molecule has 3 aromatic rings. The molecule has 0 unspecified atom stereocenters. The number of methoxy groups -OCH3 is 1. The van der Waals surface area contributed by atoms with Crippen molar-refractivity contribution < 1.29 is 33.4 Å². The lowest BCUT2D eigenvalue weighted by Gasteiger charge is -2.25. The van der Waals surface area contributed by atoms with E-state index in [-0.39, 0.29) is 32.0 Å². The SMILES string of the molecule is CCOC(=O)[C@@H]1[C@@H](CC(=O)OC)[C@@H](C(=O)c2ccc(-c3ccccc3)cc2)CN1C(=O)OCc1ccccc1. The monoisotopic (exact) mass is 529 g/mol. The van der Waals surface area contributed by atoms with Crippen LogP contribution in [0.2, 0.25) is 0 Å². The Kier molecular flexibility index (Phi) is 9.10. The molecule has 0 N–H and O–H groups in total. The molecule has 3 aromatic carbocycles. The second-order valence-electron chi connectivity index (χ2n) is 9.25. The van der Waals surface area contributed by atoms with Crippen LogP contribution in [0, 0.1) is 11.8 Å². The zero-order valence-electron chi connectivity index (χ0n) is 21.9. The van der Waals surface area contributed by atoms with Crippen LogP contribution in [0.4, 0.5) is 4.79 Å². The third kappa shape index (κ3) is 6.52. The molecule has 1 saturated heterocycles. The van der Waals surface area contributed by atoms with Crippen LogP contribution in [-0.4, -0.2) is 55.0 Å². The van der Waals surface area contributed by atoms with Crippen molar-refractivity contribution in [3.05, 3.63) is 96.1 Å². The molecular formula is C31H31NO7. The van der Waals surface area contributed by atoms with Gasteiger partial charge >= 0.3 is 18.0 Å². The highest BCUT2D eigenvalue weighted by atomic mass is 16.6. The lowest BCUT2D eigenvalue weighted by atomic mass is 9.82. The first-order valence-corrected chi connectivity index (χ1v) is 12.8. The van der Waals surface area contributed by atoms with Gasteiger partial charge in [0.15, 0.2) is 5.78 Å². The lowest BCUT2D eigenvalue weighted by molar-refractivity contribution is -0.150. The summed E-state index contributed by atoms with van der Waals surface area (Å²) in [7, 11) is 1.24. The number of benzene rings is 3. The van der Waals surface area contributed by atoms with Gasteiger partial charge in [0.2, 0.25) is 0 Å². The van der Waals surface area contributed by atoms with Crippen LogP contribution < -0.4 is 0 Å². The minimum absolute atomic E-state index is 0.00700. The number of hydrogen-bond acceptors (Lipinski definition) is 7.